The zero-order chi connectivity index (χ0) is 20.8. The van der Waals surface area contributed by atoms with Crippen LogP contribution in [-0.4, -0.2) is 18.7 Å². The van der Waals surface area contributed by atoms with Crippen molar-refractivity contribution >= 4 is 35.1 Å². The summed E-state index contributed by atoms with van der Waals surface area (Å²) in [5, 5.41) is 3.40. The first kappa shape index (κ1) is 20.6. The highest BCUT2D eigenvalue weighted by Gasteiger charge is 2.08. The SMILES string of the molecule is Cc1cccc(NC(=O)COc2ccc(Cl)cc2C=Nc2ccc(C)cc2C)c1. The monoisotopic (exact) mass is 406 g/mol. The van der Waals surface area contributed by atoms with Crippen LogP contribution < -0.4 is 10.1 Å². The molecule has 5 heteroatoms. The highest BCUT2D eigenvalue weighted by atomic mass is 35.5. The van der Waals surface area contributed by atoms with Crippen LogP contribution in [0.25, 0.3) is 0 Å². The summed E-state index contributed by atoms with van der Waals surface area (Å²) in [7, 11) is 0. The molecule has 0 heterocycles. The van der Waals surface area contributed by atoms with Crippen molar-refractivity contribution in [3.05, 3.63) is 87.9 Å². The first-order valence-electron chi connectivity index (χ1n) is 9.31. The zero-order valence-corrected chi connectivity index (χ0v) is 17.5. The quantitative estimate of drug-likeness (QED) is 0.508. The number of hydrogen-bond acceptors (Lipinski definition) is 3. The second-order valence-electron chi connectivity index (χ2n) is 6.94. The molecule has 0 aliphatic heterocycles. The zero-order valence-electron chi connectivity index (χ0n) is 16.7. The van der Waals surface area contributed by atoms with Gasteiger partial charge in [-0.05, 0) is 68.3 Å². The number of carbonyl (C=O) groups excluding carboxylic acids is 1. The maximum atomic E-state index is 12.2. The van der Waals surface area contributed by atoms with Crippen LogP contribution in [0.1, 0.15) is 22.3 Å². The van der Waals surface area contributed by atoms with Crippen LogP contribution >= 0.6 is 11.6 Å². The molecule has 148 valence electrons. The Labute approximate surface area is 176 Å². The minimum Gasteiger partial charge on any atom is -0.483 e. The van der Waals surface area contributed by atoms with Crippen molar-refractivity contribution in [1.82, 2.24) is 0 Å². The molecule has 29 heavy (non-hydrogen) atoms. The Balaban J connectivity index is 1.71. The van der Waals surface area contributed by atoms with Gasteiger partial charge < -0.3 is 10.1 Å². The van der Waals surface area contributed by atoms with Crippen molar-refractivity contribution < 1.29 is 9.53 Å². The number of anilines is 1. The van der Waals surface area contributed by atoms with Crippen LogP contribution in [-0.2, 0) is 4.79 Å². The van der Waals surface area contributed by atoms with E-state index in [4.69, 9.17) is 16.3 Å². The summed E-state index contributed by atoms with van der Waals surface area (Å²) >= 11 is 6.14. The van der Waals surface area contributed by atoms with Crippen LogP contribution in [0.2, 0.25) is 5.02 Å². The molecule has 0 aliphatic carbocycles. The van der Waals surface area contributed by atoms with Gasteiger partial charge in [-0.1, -0.05) is 41.4 Å². The summed E-state index contributed by atoms with van der Waals surface area (Å²) in [5.41, 5.74) is 5.67. The number of hydrogen-bond donors (Lipinski definition) is 1. The Bertz CT molecular complexity index is 1060. The van der Waals surface area contributed by atoms with Crippen molar-refractivity contribution in [2.24, 2.45) is 4.99 Å². The molecule has 1 N–H and O–H groups in total. The molecular weight excluding hydrogens is 384 g/mol. The van der Waals surface area contributed by atoms with Crippen LogP contribution in [0, 0.1) is 20.8 Å². The normalized spacial score (nSPS) is 10.9. The maximum Gasteiger partial charge on any atom is 0.262 e. The molecule has 0 radical (unpaired) electrons. The lowest BCUT2D eigenvalue weighted by atomic mass is 10.1. The summed E-state index contributed by atoms with van der Waals surface area (Å²) < 4.78 is 5.73. The van der Waals surface area contributed by atoms with E-state index in [9.17, 15) is 4.79 Å². The van der Waals surface area contributed by atoms with Crippen molar-refractivity contribution in [2.75, 3.05) is 11.9 Å². The van der Waals surface area contributed by atoms with E-state index in [1.165, 1.54) is 5.56 Å². The summed E-state index contributed by atoms with van der Waals surface area (Å²) in [4.78, 5) is 16.8. The van der Waals surface area contributed by atoms with E-state index in [0.29, 0.717) is 16.3 Å². The lowest BCUT2D eigenvalue weighted by Gasteiger charge is -2.10. The van der Waals surface area contributed by atoms with Crippen LogP contribution in [0.15, 0.2) is 65.7 Å². The van der Waals surface area contributed by atoms with Crippen molar-refractivity contribution in [1.29, 1.82) is 0 Å². The van der Waals surface area contributed by atoms with Gasteiger partial charge >= 0.3 is 0 Å². The van der Waals surface area contributed by atoms with Crippen molar-refractivity contribution in [2.45, 2.75) is 20.8 Å². The number of aryl methyl sites for hydroxylation is 3. The summed E-state index contributed by atoms with van der Waals surface area (Å²) in [5.74, 6) is 0.310. The molecule has 1 amide bonds. The van der Waals surface area contributed by atoms with E-state index in [1.807, 2.05) is 57.2 Å². The smallest absolute Gasteiger partial charge is 0.262 e. The molecule has 0 bridgehead atoms. The van der Waals surface area contributed by atoms with Gasteiger partial charge in [0.05, 0.1) is 5.69 Å². The highest BCUT2D eigenvalue weighted by Crippen LogP contribution is 2.24. The van der Waals surface area contributed by atoms with Crippen LogP contribution in [0.3, 0.4) is 0 Å². The van der Waals surface area contributed by atoms with Gasteiger partial charge in [-0.3, -0.25) is 9.79 Å². The molecule has 0 saturated carbocycles. The lowest BCUT2D eigenvalue weighted by molar-refractivity contribution is -0.118. The summed E-state index contributed by atoms with van der Waals surface area (Å²) in [6, 6.07) is 18.9. The molecule has 0 saturated heterocycles. The third-order valence-corrected chi connectivity index (χ3v) is 4.56. The van der Waals surface area contributed by atoms with Gasteiger partial charge in [0.15, 0.2) is 6.61 Å². The van der Waals surface area contributed by atoms with Gasteiger partial charge in [0, 0.05) is 22.5 Å². The highest BCUT2D eigenvalue weighted by molar-refractivity contribution is 6.30. The third kappa shape index (κ3) is 5.93. The lowest BCUT2D eigenvalue weighted by Crippen LogP contribution is -2.20. The number of rotatable bonds is 6. The van der Waals surface area contributed by atoms with E-state index in [-0.39, 0.29) is 12.5 Å². The average Bonchev–Trinajstić information content (AvgIpc) is 2.66. The van der Waals surface area contributed by atoms with Crippen molar-refractivity contribution in [3.63, 3.8) is 0 Å². The first-order valence-corrected chi connectivity index (χ1v) is 9.69. The molecule has 3 rings (SSSR count). The molecular formula is C24H23ClN2O2. The Morgan fingerprint density at radius 2 is 1.83 bits per heavy atom. The molecule has 0 atom stereocenters. The third-order valence-electron chi connectivity index (χ3n) is 4.33. The van der Waals surface area contributed by atoms with Gasteiger partial charge in [0.25, 0.3) is 5.91 Å². The van der Waals surface area contributed by atoms with E-state index in [1.54, 1.807) is 24.4 Å². The average molecular weight is 407 g/mol. The van der Waals surface area contributed by atoms with Gasteiger partial charge in [0.2, 0.25) is 0 Å². The molecule has 0 spiro atoms. The number of carbonyl (C=O) groups is 1. The molecule has 0 aromatic heterocycles. The predicted molar refractivity (Wildman–Crippen MR) is 120 cm³/mol. The molecule has 0 aliphatic rings. The predicted octanol–water partition coefficient (Wildman–Crippen LogP) is 6.03. The Kier molecular flexibility index (Phi) is 6.68. The van der Waals surface area contributed by atoms with Gasteiger partial charge in [-0.15, -0.1) is 0 Å². The Morgan fingerprint density at radius 3 is 2.59 bits per heavy atom. The van der Waals surface area contributed by atoms with Crippen LogP contribution in [0.5, 0.6) is 5.75 Å². The summed E-state index contributed by atoms with van der Waals surface area (Å²) in [6.07, 6.45) is 1.71. The number of ether oxygens (including phenoxy) is 1. The maximum absolute atomic E-state index is 12.2. The van der Waals surface area contributed by atoms with Crippen LogP contribution in [0.4, 0.5) is 11.4 Å². The van der Waals surface area contributed by atoms with E-state index in [2.05, 4.69) is 16.4 Å². The van der Waals surface area contributed by atoms with Gasteiger partial charge in [-0.2, -0.15) is 0 Å². The number of amides is 1. The fourth-order valence-electron chi connectivity index (χ4n) is 2.90. The van der Waals surface area contributed by atoms with Gasteiger partial charge in [-0.25, -0.2) is 0 Å². The van der Waals surface area contributed by atoms with Gasteiger partial charge in [0.1, 0.15) is 5.75 Å². The second-order valence-corrected chi connectivity index (χ2v) is 7.37. The molecule has 3 aromatic rings. The minimum absolute atomic E-state index is 0.111. The minimum atomic E-state index is -0.234. The Hall–Kier alpha value is -3.11. The van der Waals surface area contributed by atoms with Crippen molar-refractivity contribution in [3.8, 4) is 5.75 Å². The number of nitrogens with zero attached hydrogens (tertiary/aromatic N) is 1. The first-order chi connectivity index (χ1) is 13.9. The van der Waals surface area contributed by atoms with E-state index < -0.39 is 0 Å². The standard InChI is InChI=1S/C24H23ClN2O2/c1-16-5-4-6-21(12-16)27-24(28)15-29-23-10-8-20(25)13-19(23)14-26-22-9-7-17(2)11-18(22)3/h4-14H,15H2,1-3H3,(H,27,28). The molecule has 3 aromatic carbocycles. The summed E-state index contributed by atoms with van der Waals surface area (Å²) in [6.45, 7) is 5.93. The molecule has 4 nitrogen and oxygen atoms in total. The molecule has 0 unspecified atom stereocenters. The second kappa shape index (κ2) is 9.39. The topological polar surface area (TPSA) is 50.7 Å². The fourth-order valence-corrected chi connectivity index (χ4v) is 3.08. The van der Waals surface area contributed by atoms with E-state index in [0.717, 1.165) is 22.5 Å². The van der Waals surface area contributed by atoms with E-state index >= 15 is 0 Å². The number of benzene rings is 3. The largest absolute Gasteiger partial charge is 0.483 e. The Morgan fingerprint density at radius 1 is 1.03 bits per heavy atom. The number of nitrogens with one attached hydrogen (secondary N) is 1. The number of aliphatic imine (C=N–C) groups is 1. The molecule has 0 fully saturated rings. The fraction of sp³-hybridized carbons (Fsp3) is 0.167. The number of halogens is 1.